The first-order valence-electron chi connectivity index (χ1n) is 10.4. The van der Waals surface area contributed by atoms with Crippen LogP contribution in [0.2, 0.25) is 18.1 Å². The minimum Gasteiger partial charge on any atom is -0.413 e. The molecule has 0 aliphatic heterocycles. The molecular formula is C22H38O4SSi. The Bertz CT molecular complexity index is 677. The Hall–Kier alpha value is -0.953. The van der Waals surface area contributed by atoms with Crippen LogP contribution in [0.3, 0.4) is 0 Å². The molecule has 160 valence electrons. The molecule has 0 aliphatic rings. The molecule has 0 saturated carbocycles. The Morgan fingerprint density at radius 2 is 1.64 bits per heavy atom. The van der Waals surface area contributed by atoms with Gasteiger partial charge in [0.25, 0.3) is 0 Å². The molecule has 4 atom stereocenters. The van der Waals surface area contributed by atoms with Crippen molar-refractivity contribution in [1.82, 2.24) is 0 Å². The lowest BCUT2D eigenvalue weighted by Gasteiger charge is -2.39. The average Bonchev–Trinajstić information content (AvgIpc) is 2.73. The third-order valence-corrected chi connectivity index (χ3v) is 12.5. The molecule has 0 aromatic heterocycles. The normalized spacial score (nSPS) is 16.9. The predicted octanol–water partition coefficient (Wildman–Crippen LogP) is 5.06. The molecule has 2 unspecified atom stereocenters. The van der Waals surface area contributed by atoms with E-state index in [1.807, 2.05) is 13.0 Å². The third-order valence-electron chi connectivity index (χ3n) is 6.12. The first-order chi connectivity index (χ1) is 13.2. The highest BCUT2D eigenvalue weighted by atomic mass is 32.2. The molecule has 0 bridgehead atoms. The van der Waals surface area contributed by atoms with Crippen LogP contribution >= 0.6 is 0 Å². The van der Waals surface area contributed by atoms with E-state index >= 15 is 0 Å². The van der Waals surface area contributed by atoms with Gasteiger partial charge in [-0.05, 0) is 42.6 Å². The number of benzene rings is 1. The van der Waals surface area contributed by atoms with Gasteiger partial charge in [-0.25, -0.2) is 8.42 Å². The zero-order valence-electron chi connectivity index (χ0n) is 18.1. The zero-order chi connectivity index (χ0) is 21.4. The van der Waals surface area contributed by atoms with E-state index in [9.17, 15) is 13.5 Å². The third kappa shape index (κ3) is 6.54. The van der Waals surface area contributed by atoms with Crippen molar-refractivity contribution in [3.8, 4) is 0 Å². The van der Waals surface area contributed by atoms with Gasteiger partial charge in [0.1, 0.15) is 0 Å². The van der Waals surface area contributed by atoms with E-state index in [0.29, 0.717) is 4.90 Å². The van der Waals surface area contributed by atoms with Crippen molar-refractivity contribution in [2.24, 2.45) is 11.8 Å². The van der Waals surface area contributed by atoms with Gasteiger partial charge in [0.15, 0.2) is 18.2 Å². The fourth-order valence-corrected chi connectivity index (χ4v) is 7.99. The van der Waals surface area contributed by atoms with Gasteiger partial charge in [-0.2, -0.15) is 0 Å². The lowest BCUT2D eigenvalue weighted by molar-refractivity contribution is 0.0113. The van der Waals surface area contributed by atoms with Crippen LogP contribution in [0.25, 0.3) is 0 Å². The van der Waals surface area contributed by atoms with Crippen molar-refractivity contribution in [2.75, 3.05) is 5.75 Å². The van der Waals surface area contributed by atoms with Gasteiger partial charge in [0.2, 0.25) is 0 Å². The van der Waals surface area contributed by atoms with Crippen LogP contribution in [0, 0.1) is 11.8 Å². The standard InChI is InChI=1S/C22H38O4SSi/c1-7-18(5)22(26-28(8-2,9-3)10-4)19(6)21(23)16-17-27(24,25)20-14-12-11-13-15-20/h7,11-15,18-19,21-23H,1,8-10,16-17H2,2-6H3/t18?,19-,21?,22+/m1/s1. The van der Waals surface area contributed by atoms with Gasteiger partial charge in [-0.1, -0.05) is 58.9 Å². The molecule has 0 spiro atoms. The Kier molecular flexibility index (Phi) is 10.1. The van der Waals surface area contributed by atoms with E-state index in [1.54, 1.807) is 30.3 Å². The van der Waals surface area contributed by atoms with Gasteiger partial charge in [-0.15, -0.1) is 6.58 Å². The number of hydrogen-bond donors (Lipinski definition) is 1. The number of rotatable bonds is 13. The van der Waals surface area contributed by atoms with Gasteiger partial charge in [0.05, 0.1) is 22.9 Å². The summed E-state index contributed by atoms with van der Waals surface area (Å²) in [6.45, 7) is 14.5. The first-order valence-corrected chi connectivity index (χ1v) is 14.6. The Balaban J connectivity index is 2.90. The minimum absolute atomic E-state index is 0.0738. The van der Waals surface area contributed by atoms with Crippen LogP contribution in [0.15, 0.2) is 47.9 Å². The summed E-state index contributed by atoms with van der Waals surface area (Å²) in [6, 6.07) is 11.5. The molecule has 0 amide bonds. The quantitative estimate of drug-likeness (QED) is 0.354. The van der Waals surface area contributed by atoms with E-state index in [2.05, 4.69) is 34.3 Å². The molecule has 6 heteroatoms. The Labute approximate surface area is 173 Å². The van der Waals surface area contributed by atoms with Crippen LogP contribution < -0.4 is 0 Å². The smallest absolute Gasteiger partial charge is 0.192 e. The topological polar surface area (TPSA) is 63.6 Å². The molecule has 1 aromatic carbocycles. The van der Waals surface area contributed by atoms with Gasteiger partial charge in [-0.3, -0.25) is 0 Å². The van der Waals surface area contributed by atoms with E-state index in [1.165, 1.54) is 0 Å². The number of aliphatic hydroxyl groups excluding tert-OH is 1. The highest BCUT2D eigenvalue weighted by molar-refractivity contribution is 7.91. The number of hydrogen-bond acceptors (Lipinski definition) is 4. The monoisotopic (exact) mass is 426 g/mol. The second kappa shape index (κ2) is 11.3. The molecular weight excluding hydrogens is 388 g/mol. The summed E-state index contributed by atoms with van der Waals surface area (Å²) in [5.41, 5.74) is 0. The number of aliphatic hydroxyl groups is 1. The van der Waals surface area contributed by atoms with Crippen molar-refractivity contribution in [3.63, 3.8) is 0 Å². The van der Waals surface area contributed by atoms with Crippen molar-refractivity contribution in [1.29, 1.82) is 0 Å². The van der Waals surface area contributed by atoms with Crippen LogP contribution in [-0.2, 0) is 14.3 Å². The highest BCUT2D eigenvalue weighted by Crippen LogP contribution is 2.31. The van der Waals surface area contributed by atoms with Gasteiger partial charge in [0, 0.05) is 5.92 Å². The maximum absolute atomic E-state index is 12.5. The van der Waals surface area contributed by atoms with Crippen molar-refractivity contribution in [3.05, 3.63) is 43.0 Å². The molecule has 1 rings (SSSR count). The first kappa shape index (κ1) is 25.1. The molecule has 4 nitrogen and oxygen atoms in total. The van der Waals surface area contributed by atoms with Crippen LogP contribution in [0.5, 0.6) is 0 Å². The molecule has 28 heavy (non-hydrogen) atoms. The summed E-state index contributed by atoms with van der Waals surface area (Å²) in [6.07, 6.45) is 1.16. The van der Waals surface area contributed by atoms with E-state index in [-0.39, 0.29) is 30.1 Å². The zero-order valence-corrected chi connectivity index (χ0v) is 19.9. The Morgan fingerprint density at radius 1 is 1.11 bits per heavy atom. The summed E-state index contributed by atoms with van der Waals surface area (Å²) >= 11 is 0. The Morgan fingerprint density at radius 3 is 2.11 bits per heavy atom. The van der Waals surface area contributed by atoms with Crippen LogP contribution in [0.1, 0.15) is 41.0 Å². The molecule has 0 aliphatic carbocycles. The lowest BCUT2D eigenvalue weighted by atomic mass is 9.88. The van der Waals surface area contributed by atoms with E-state index < -0.39 is 24.3 Å². The second-order valence-corrected chi connectivity index (χ2v) is 14.6. The fraction of sp³-hybridized carbons (Fsp3) is 0.636. The number of sulfone groups is 1. The van der Waals surface area contributed by atoms with Crippen molar-refractivity contribution < 1.29 is 18.0 Å². The highest BCUT2D eigenvalue weighted by Gasteiger charge is 2.37. The predicted molar refractivity (Wildman–Crippen MR) is 120 cm³/mol. The SMILES string of the molecule is C=CC(C)[C@H](O[Si](CC)(CC)CC)[C@H](C)C(O)CCS(=O)(=O)c1ccccc1. The molecule has 0 radical (unpaired) electrons. The molecule has 1 N–H and O–H groups in total. The van der Waals surface area contributed by atoms with Crippen LogP contribution in [-0.4, -0.2) is 39.8 Å². The minimum atomic E-state index is -3.40. The summed E-state index contributed by atoms with van der Waals surface area (Å²) < 4.78 is 31.8. The van der Waals surface area contributed by atoms with Gasteiger partial charge >= 0.3 is 0 Å². The molecule has 0 heterocycles. The van der Waals surface area contributed by atoms with Crippen LogP contribution in [0.4, 0.5) is 0 Å². The average molecular weight is 427 g/mol. The van der Waals surface area contributed by atoms with E-state index in [4.69, 9.17) is 4.43 Å². The second-order valence-electron chi connectivity index (χ2n) is 7.77. The van der Waals surface area contributed by atoms with Gasteiger partial charge < -0.3 is 9.53 Å². The molecule has 0 fully saturated rings. The molecule has 0 saturated heterocycles. The summed E-state index contributed by atoms with van der Waals surface area (Å²) in [4.78, 5) is 0.302. The molecule has 1 aromatic rings. The maximum Gasteiger partial charge on any atom is 0.192 e. The maximum atomic E-state index is 12.5. The van der Waals surface area contributed by atoms with Crippen molar-refractivity contribution in [2.45, 2.75) is 76.3 Å². The lowest BCUT2D eigenvalue weighted by Crippen LogP contribution is -2.46. The largest absolute Gasteiger partial charge is 0.413 e. The summed E-state index contributed by atoms with van der Waals surface area (Å²) in [5.74, 6) is -0.155. The summed E-state index contributed by atoms with van der Waals surface area (Å²) in [7, 11) is -5.26. The summed E-state index contributed by atoms with van der Waals surface area (Å²) in [5, 5.41) is 10.8. The fourth-order valence-electron chi connectivity index (χ4n) is 3.62. The van der Waals surface area contributed by atoms with Crippen molar-refractivity contribution >= 4 is 18.2 Å². The van der Waals surface area contributed by atoms with E-state index in [0.717, 1.165) is 18.1 Å².